The Morgan fingerprint density at radius 1 is 1.10 bits per heavy atom. The van der Waals surface area contributed by atoms with Crippen LogP contribution in [0, 0.1) is 0 Å². The minimum atomic E-state index is 0.935. The minimum absolute atomic E-state index is 0.935. The fraction of sp³-hybridized carbons (Fsp3) is 0.167. The van der Waals surface area contributed by atoms with Gasteiger partial charge in [-0.3, -0.25) is 4.90 Å². The first-order valence-electron chi connectivity index (χ1n) is 7.04. The molecular weight excluding hydrogens is 276 g/mol. The zero-order chi connectivity index (χ0) is 14.5. The van der Waals surface area contributed by atoms with E-state index in [-0.39, 0.29) is 0 Å². The molecule has 0 unspecified atom stereocenters. The van der Waals surface area contributed by atoms with Gasteiger partial charge in [0, 0.05) is 13.1 Å². The van der Waals surface area contributed by atoms with Gasteiger partial charge in [0.05, 0.1) is 15.7 Å². The van der Waals surface area contributed by atoms with Crippen molar-refractivity contribution in [1.82, 2.24) is 9.88 Å². The highest BCUT2D eigenvalue weighted by Crippen LogP contribution is 2.23. The highest BCUT2D eigenvalue weighted by molar-refractivity contribution is 7.16. The number of rotatable bonds is 5. The first kappa shape index (κ1) is 14.0. The molecule has 2 nitrogen and oxygen atoms in total. The molecule has 0 atom stereocenters. The molecule has 0 spiro atoms. The number of aromatic nitrogens is 1. The molecule has 0 saturated carbocycles. The van der Waals surface area contributed by atoms with Gasteiger partial charge in [-0.05, 0) is 24.2 Å². The minimum Gasteiger partial charge on any atom is -0.298 e. The summed E-state index contributed by atoms with van der Waals surface area (Å²) < 4.78 is 1.30. The largest absolute Gasteiger partial charge is 0.298 e. The highest BCUT2D eigenvalue weighted by atomic mass is 32.1. The smallest absolute Gasteiger partial charge is 0.0815 e. The Kier molecular flexibility index (Phi) is 4.43. The van der Waals surface area contributed by atoms with Gasteiger partial charge in [-0.25, -0.2) is 4.98 Å². The average Bonchev–Trinajstić information content (AvgIpc) is 2.98. The van der Waals surface area contributed by atoms with Crippen LogP contribution in [0.2, 0.25) is 0 Å². The number of hydrogen-bond donors (Lipinski definition) is 0. The first-order chi connectivity index (χ1) is 10.3. The van der Waals surface area contributed by atoms with Gasteiger partial charge in [-0.15, -0.1) is 11.3 Å². The van der Waals surface area contributed by atoms with E-state index in [9.17, 15) is 0 Å². The number of fused-ring (bicyclic) bond motifs is 1. The molecule has 0 radical (unpaired) electrons. The van der Waals surface area contributed by atoms with Gasteiger partial charge in [0.15, 0.2) is 0 Å². The zero-order valence-electron chi connectivity index (χ0n) is 12.1. The van der Waals surface area contributed by atoms with Gasteiger partial charge in [-0.2, -0.15) is 0 Å². The summed E-state index contributed by atoms with van der Waals surface area (Å²) in [6.07, 6.45) is 4.38. The van der Waals surface area contributed by atoms with Crippen LogP contribution in [0.3, 0.4) is 0 Å². The van der Waals surface area contributed by atoms with Crippen molar-refractivity contribution in [3.05, 3.63) is 71.2 Å². The van der Waals surface area contributed by atoms with Crippen LogP contribution in [0.4, 0.5) is 0 Å². The van der Waals surface area contributed by atoms with E-state index in [1.165, 1.54) is 15.8 Å². The Morgan fingerprint density at radius 3 is 2.81 bits per heavy atom. The number of hydrogen-bond acceptors (Lipinski definition) is 3. The summed E-state index contributed by atoms with van der Waals surface area (Å²) in [6, 6.07) is 16.8. The lowest BCUT2D eigenvalue weighted by molar-refractivity contribution is 0.365. The number of likely N-dealkylation sites (N-methyl/N-ethyl adjacent to an activating group) is 1. The van der Waals surface area contributed by atoms with E-state index in [0.29, 0.717) is 0 Å². The lowest BCUT2D eigenvalue weighted by Gasteiger charge is -2.14. The van der Waals surface area contributed by atoms with Gasteiger partial charge in [-0.1, -0.05) is 54.6 Å². The summed E-state index contributed by atoms with van der Waals surface area (Å²) in [4.78, 5) is 6.69. The predicted octanol–water partition coefficient (Wildman–Crippen LogP) is 4.44. The molecule has 0 aliphatic carbocycles. The van der Waals surface area contributed by atoms with Gasteiger partial charge in [0.25, 0.3) is 0 Å². The molecule has 3 aromatic rings. The van der Waals surface area contributed by atoms with E-state index in [2.05, 4.69) is 71.5 Å². The molecule has 3 rings (SSSR count). The lowest BCUT2D eigenvalue weighted by atomic mass is 10.2. The van der Waals surface area contributed by atoms with Crippen LogP contribution >= 0.6 is 11.3 Å². The maximum atomic E-state index is 4.37. The Balaban J connectivity index is 1.63. The maximum absolute atomic E-state index is 4.37. The lowest BCUT2D eigenvalue weighted by Crippen LogP contribution is -2.17. The Hall–Kier alpha value is -1.97. The summed E-state index contributed by atoms with van der Waals surface area (Å²) in [5, 5.41) is 0. The SMILES string of the molecule is CN(CC=Cc1ccccc1)Cc1cccc2ncsc12. The molecule has 0 bridgehead atoms. The third-order valence-electron chi connectivity index (χ3n) is 3.41. The summed E-state index contributed by atoms with van der Waals surface area (Å²) in [5.74, 6) is 0. The third-order valence-corrected chi connectivity index (χ3v) is 4.32. The van der Waals surface area contributed by atoms with E-state index in [1.807, 2.05) is 11.6 Å². The molecule has 0 aliphatic rings. The van der Waals surface area contributed by atoms with E-state index >= 15 is 0 Å². The van der Waals surface area contributed by atoms with Crippen molar-refractivity contribution in [2.75, 3.05) is 13.6 Å². The van der Waals surface area contributed by atoms with Crippen LogP contribution in [0.25, 0.3) is 16.3 Å². The van der Waals surface area contributed by atoms with Crippen molar-refractivity contribution in [2.24, 2.45) is 0 Å². The van der Waals surface area contributed by atoms with E-state index < -0.39 is 0 Å². The predicted molar refractivity (Wildman–Crippen MR) is 91.4 cm³/mol. The molecule has 1 aromatic heterocycles. The molecular formula is C18H18N2S. The third kappa shape index (κ3) is 3.57. The molecule has 106 valence electrons. The van der Waals surface area contributed by atoms with Crippen molar-refractivity contribution in [1.29, 1.82) is 0 Å². The van der Waals surface area contributed by atoms with Crippen molar-refractivity contribution in [3.8, 4) is 0 Å². The maximum Gasteiger partial charge on any atom is 0.0815 e. The molecule has 2 aromatic carbocycles. The molecule has 0 saturated heterocycles. The summed E-state index contributed by atoms with van der Waals surface area (Å²) >= 11 is 1.72. The van der Waals surface area contributed by atoms with Gasteiger partial charge in [0.2, 0.25) is 0 Å². The van der Waals surface area contributed by atoms with Gasteiger partial charge < -0.3 is 0 Å². The topological polar surface area (TPSA) is 16.1 Å². The average molecular weight is 294 g/mol. The molecule has 0 fully saturated rings. The fourth-order valence-electron chi connectivity index (χ4n) is 2.36. The van der Waals surface area contributed by atoms with Crippen LogP contribution in [0.5, 0.6) is 0 Å². The van der Waals surface area contributed by atoms with Crippen LogP contribution in [0.1, 0.15) is 11.1 Å². The highest BCUT2D eigenvalue weighted by Gasteiger charge is 2.05. The Labute approximate surface area is 129 Å². The summed E-state index contributed by atoms with van der Waals surface area (Å²) in [6.45, 7) is 1.88. The summed E-state index contributed by atoms with van der Waals surface area (Å²) in [5.41, 5.74) is 5.62. The van der Waals surface area contributed by atoms with Crippen molar-refractivity contribution < 1.29 is 0 Å². The monoisotopic (exact) mass is 294 g/mol. The first-order valence-corrected chi connectivity index (χ1v) is 7.92. The normalized spacial score (nSPS) is 11.7. The van der Waals surface area contributed by atoms with Gasteiger partial charge in [0.1, 0.15) is 0 Å². The molecule has 0 N–H and O–H groups in total. The van der Waals surface area contributed by atoms with Crippen molar-refractivity contribution in [2.45, 2.75) is 6.54 Å². The van der Waals surface area contributed by atoms with Gasteiger partial charge >= 0.3 is 0 Å². The summed E-state index contributed by atoms with van der Waals surface area (Å²) in [7, 11) is 2.15. The fourth-order valence-corrected chi connectivity index (χ4v) is 3.15. The number of benzene rings is 2. The second kappa shape index (κ2) is 6.66. The Morgan fingerprint density at radius 2 is 1.95 bits per heavy atom. The van der Waals surface area contributed by atoms with Crippen LogP contribution in [-0.4, -0.2) is 23.5 Å². The molecule has 3 heteroatoms. The van der Waals surface area contributed by atoms with Crippen LogP contribution < -0.4 is 0 Å². The second-order valence-electron chi connectivity index (χ2n) is 5.13. The molecule has 0 amide bonds. The molecule has 0 aliphatic heterocycles. The zero-order valence-corrected chi connectivity index (χ0v) is 12.9. The van der Waals surface area contributed by atoms with Crippen LogP contribution in [0.15, 0.2) is 60.1 Å². The van der Waals surface area contributed by atoms with E-state index in [1.54, 1.807) is 11.3 Å². The standard InChI is InChI=1S/C18H18N2S/c1-20(12-6-9-15-7-3-2-4-8-15)13-16-10-5-11-17-18(16)21-14-19-17/h2-11,14H,12-13H2,1H3. The Bertz CT molecular complexity index is 731. The van der Waals surface area contributed by atoms with Crippen molar-refractivity contribution in [3.63, 3.8) is 0 Å². The quantitative estimate of drug-likeness (QED) is 0.691. The van der Waals surface area contributed by atoms with E-state index in [0.717, 1.165) is 18.6 Å². The second-order valence-corrected chi connectivity index (χ2v) is 5.98. The number of nitrogens with zero attached hydrogens (tertiary/aromatic N) is 2. The van der Waals surface area contributed by atoms with Crippen molar-refractivity contribution >= 4 is 27.6 Å². The van der Waals surface area contributed by atoms with Crippen LogP contribution in [-0.2, 0) is 6.54 Å². The number of thiazole rings is 1. The van der Waals surface area contributed by atoms with E-state index in [4.69, 9.17) is 0 Å². The molecule has 1 heterocycles. The molecule has 21 heavy (non-hydrogen) atoms.